The second kappa shape index (κ2) is 7.25. The van der Waals surface area contributed by atoms with Crippen LogP contribution in [0.25, 0.3) is 0 Å². The maximum absolute atomic E-state index is 14.0. The van der Waals surface area contributed by atoms with Gasteiger partial charge in [0.1, 0.15) is 5.82 Å². The number of benzene rings is 2. The number of sulfone groups is 1. The molecule has 0 aliphatic carbocycles. The summed E-state index contributed by atoms with van der Waals surface area (Å²) in [7, 11) is -3.16. The summed E-state index contributed by atoms with van der Waals surface area (Å²) < 4.78 is 38.6. The van der Waals surface area contributed by atoms with Gasteiger partial charge < -0.3 is 4.90 Å². The molecule has 2 aromatic rings. The Hall–Kier alpha value is -1.73. The fourth-order valence-corrected chi connectivity index (χ4v) is 4.95. The lowest BCUT2D eigenvalue weighted by molar-refractivity contribution is 0.0679. The second-order valence-corrected chi connectivity index (χ2v) is 9.23. The van der Waals surface area contributed by atoms with E-state index in [9.17, 15) is 17.6 Å². The van der Waals surface area contributed by atoms with Gasteiger partial charge in [-0.25, -0.2) is 12.8 Å². The van der Waals surface area contributed by atoms with Crippen molar-refractivity contribution in [2.45, 2.75) is 19.0 Å². The summed E-state index contributed by atoms with van der Waals surface area (Å²) in [4.78, 5) is 14.4. The minimum Gasteiger partial charge on any atom is -0.330 e. The molecular weight excluding hydrogens is 409 g/mol. The standard InChI is InChI=1S/C18H17BrFNO3S/c19-15-7-5-13(6-8-15)18(22)21(16-9-10-25(23,24)12-16)11-14-3-1-2-4-17(14)20/h1-8,16H,9-12H2. The lowest BCUT2D eigenvalue weighted by Crippen LogP contribution is -2.40. The van der Waals surface area contributed by atoms with E-state index in [-0.39, 0.29) is 24.0 Å². The smallest absolute Gasteiger partial charge is 0.254 e. The van der Waals surface area contributed by atoms with Crippen LogP contribution in [0.5, 0.6) is 0 Å². The zero-order valence-electron chi connectivity index (χ0n) is 13.4. The van der Waals surface area contributed by atoms with E-state index in [0.717, 1.165) is 4.47 Å². The molecule has 1 aliphatic rings. The van der Waals surface area contributed by atoms with Crippen LogP contribution in [0.1, 0.15) is 22.3 Å². The van der Waals surface area contributed by atoms with Crippen molar-refractivity contribution in [1.29, 1.82) is 0 Å². The molecule has 7 heteroatoms. The molecule has 3 rings (SSSR count). The molecule has 1 saturated heterocycles. The summed E-state index contributed by atoms with van der Waals surface area (Å²) in [6.45, 7) is 0.0434. The van der Waals surface area contributed by atoms with E-state index >= 15 is 0 Å². The number of halogens is 2. The average Bonchev–Trinajstić information content (AvgIpc) is 2.94. The molecule has 25 heavy (non-hydrogen) atoms. The first-order chi connectivity index (χ1) is 11.9. The summed E-state index contributed by atoms with van der Waals surface area (Å²) in [5.74, 6) is -0.724. The first kappa shape index (κ1) is 18.1. The van der Waals surface area contributed by atoms with Crippen molar-refractivity contribution < 1.29 is 17.6 Å². The number of hydrogen-bond donors (Lipinski definition) is 0. The Labute approximate surface area is 154 Å². The lowest BCUT2D eigenvalue weighted by atomic mass is 10.1. The predicted octanol–water partition coefficient (Wildman–Crippen LogP) is 3.42. The monoisotopic (exact) mass is 425 g/mol. The fraction of sp³-hybridized carbons (Fsp3) is 0.278. The number of nitrogens with zero attached hydrogens (tertiary/aromatic N) is 1. The predicted molar refractivity (Wildman–Crippen MR) is 97.5 cm³/mol. The SMILES string of the molecule is O=C(c1ccc(Br)cc1)N(Cc1ccccc1F)C1CCS(=O)(=O)C1. The minimum absolute atomic E-state index is 0.0434. The van der Waals surface area contributed by atoms with Crippen molar-refractivity contribution in [3.05, 3.63) is 69.9 Å². The Morgan fingerprint density at radius 2 is 1.84 bits per heavy atom. The Morgan fingerprint density at radius 3 is 2.44 bits per heavy atom. The summed E-state index contributed by atoms with van der Waals surface area (Å²) in [5, 5.41) is 0. The van der Waals surface area contributed by atoms with Gasteiger partial charge in [0.05, 0.1) is 11.5 Å². The van der Waals surface area contributed by atoms with Gasteiger partial charge in [0.15, 0.2) is 9.84 Å². The maximum atomic E-state index is 14.0. The van der Waals surface area contributed by atoms with Gasteiger partial charge in [-0.2, -0.15) is 0 Å². The highest BCUT2D eigenvalue weighted by atomic mass is 79.9. The molecule has 1 aliphatic heterocycles. The van der Waals surface area contributed by atoms with Crippen molar-refractivity contribution in [1.82, 2.24) is 4.90 Å². The van der Waals surface area contributed by atoms with E-state index in [1.807, 2.05) is 0 Å². The van der Waals surface area contributed by atoms with E-state index in [0.29, 0.717) is 17.5 Å². The third-order valence-corrected chi connectivity index (χ3v) is 6.58. The van der Waals surface area contributed by atoms with E-state index in [4.69, 9.17) is 0 Å². The van der Waals surface area contributed by atoms with Gasteiger partial charge in [0.25, 0.3) is 5.91 Å². The van der Waals surface area contributed by atoms with E-state index in [1.165, 1.54) is 11.0 Å². The third-order valence-electron chi connectivity index (χ3n) is 4.30. The average molecular weight is 426 g/mol. The first-order valence-corrected chi connectivity index (χ1v) is 10.5. The minimum atomic E-state index is -3.16. The van der Waals surface area contributed by atoms with Gasteiger partial charge in [-0.3, -0.25) is 4.79 Å². The van der Waals surface area contributed by atoms with Crippen molar-refractivity contribution in [2.24, 2.45) is 0 Å². The largest absolute Gasteiger partial charge is 0.330 e. The third kappa shape index (κ3) is 4.27. The molecule has 132 valence electrons. The van der Waals surface area contributed by atoms with Crippen LogP contribution in [-0.4, -0.2) is 36.8 Å². The Kier molecular flexibility index (Phi) is 5.24. The molecule has 0 radical (unpaired) electrons. The maximum Gasteiger partial charge on any atom is 0.254 e. The molecule has 0 aromatic heterocycles. The number of carbonyl (C=O) groups is 1. The molecule has 1 fully saturated rings. The topological polar surface area (TPSA) is 54.5 Å². The van der Waals surface area contributed by atoms with E-state index < -0.39 is 21.7 Å². The van der Waals surface area contributed by atoms with Gasteiger partial charge in [-0.1, -0.05) is 34.1 Å². The van der Waals surface area contributed by atoms with Gasteiger partial charge in [-0.05, 0) is 36.8 Å². The van der Waals surface area contributed by atoms with Crippen LogP contribution in [0.15, 0.2) is 53.0 Å². The lowest BCUT2D eigenvalue weighted by Gasteiger charge is -2.28. The first-order valence-electron chi connectivity index (χ1n) is 7.86. The highest BCUT2D eigenvalue weighted by Gasteiger charge is 2.35. The molecule has 0 bridgehead atoms. The molecular formula is C18H17BrFNO3S. The van der Waals surface area contributed by atoms with Crippen molar-refractivity contribution >= 4 is 31.7 Å². The van der Waals surface area contributed by atoms with Crippen LogP contribution in [0.4, 0.5) is 4.39 Å². The fourth-order valence-electron chi connectivity index (χ4n) is 2.96. The van der Waals surface area contributed by atoms with Crippen molar-refractivity contribution in [2.75, 3.05) is 11.5 Å². The number of carbonyl (C=O) groups excluding carboxylic acids is 1. The van der Waals surface area contributed by atoms with E-state index in [1.54, 1.807) is 42.5 Å². The molecule has 0 N–H and O–H groups in total. The zero-order chi connectivity index (χ0) is 18.0. The molecule has 0 saturated carbocycles. The number of hydrogen-bond acceptors (Lipinski definition) is 3. The summed E-state index contributed by atoms with van der Waals surface area (Å²) in [6.07, 6.45) is 0.374. The van der Waals surface area contributed by atoms with Gasteiger partial charge in [0.2, 0.25) is 0 Å². The van der Waals surface area contributed by atoms with Crippen LogP contribution >= 0.6 is 15.9 Å². The molecule has 2 aromatic carbocycles. The number of amides is 1. The van der Waals surface area contributed by atoms with Crippen LogP contribution in [0.3, 0.4) is 0 Å². The molecule has 1 heterocycles. The van der Waals surface area contributed by atoms with Crippen molar-refractivity contribution in [3.8, 4) is 0 Å². The normalized spacial score (nSPS) is 18.9. The Morgan fingerprint density at radius 1 is 1.16 bits per heavy atom. The van der Waals surface area contributed by atoms with Gasteiger partial charge in [-0.15, -0.1) is 0 Å². The van der Waals surface area contributed by atoms with Crippen LogP contribution in [0.2, 0.25) is 0 Å². The van der Waals surface area contributed by atoms with Crippen LogP contribution in [-0.2, 0) is 16.4 Å². The number of rotatable bonds is 4. The van der Waals surface area contributed by atoms with Gasteiger partial charge >= 0.3 is 0 Å². The Bertz CT molecular complexity index is 883. The molecule has 1 amide bonds. The molecule has 4 nitrogen and oxygen atoms in total. The Balaban J connectivity index is 1.92. The molecule has 1 atom stereocenters. The second-order valence-electron chi connectivity index (χ2n) is 6.09. The summed E-state index contributed by atoms with van der Waals surface area (Å²) in [6, 6.07) is 12.6. The van der Waals surface area contributed by atoms with Gasteiger partial charge in [0, 0.05) is 28.2 Å². The van der Waals surface area contributed by atoms with E-state index in [2.05, 4.69) is 15.9 Å². The van der Waals surface area contributed by atoms with Crippen LogP contribution in [0, 0.1) is 5.82 Å². The summed E-state index contributed by atoms with van der Waals surface area (Å²) in [5.41, 5.74) is 0.820. The molecule has 1 unspecified atom stereocenters. The quantitative estimate of drug-likeness (QED) is 0.753. The summed E-state index contributed by atoms with van der Waals surface area (Å²) >= 11 is 3.32. The highest BCUT2D eigenvalue weighted by Crippen LogP contribution is 2.23. The highest BCUT2D eigenvalue weighted by molar-refractivity contribution is 9.10. The molecule has 0 spiro atoms. The van der Waals surface area contributed by atoms with Crippen molar-refractivity contribution in [3.63, 3.8) is 0 Å². The van der Waals surface area contributed by atoms with Crippen LogP contribution < -0.4 is 0 Å². The zero-order valence-corrected chi connectivity index (χ0v) is 15.8.